The number of hydrogen-bond acceptors (Lipinski definition) is 3. The molecule has 0 aliphatic rings. The molecular weight excluding hydrogens is 460 g/mol. The van der Waals surface area contributed by atoms with Gasteiger partial charge in [0.15, 0.2) is 5.96 Å². The van der Waals surface area contributed by atoms with Crippen molar-refractivity contribution in [2.24, 2.45) is 4.99 Å². The van der Waals surface area contributed by atoms with Crippen LogP contribution in [0.25, 0.3) is 0 Å². The molecule has 0 aromatic heterocycles. The molecule has 2 aromatic carbocycles. The highest BCUT2D eigenvalue weighted by molar-refractivity contribution is 14.0. The van der Waals surface area contributed by atoms with Gasteiger partial charge in [-0.05, 0) is 30.2 Å². The predicted octanol–water partition coefficient (Wildman–Crippen LogP) is 3.38. The number of para-hydroxylation sites is 1. The molecule has 2 N–H and O–H groups in total. The Morgan fingerprint density at radius 2 is 1.74 bits per heavy atom. The summed E-state index contributed by atoms with van der Waals surface area (Å²) in [6.45, 7) is 2.41. The number of hydrogen-bond donors (Lipinski definition) is 2. The Balaban J connectivity index is 0.00000364. The zero-order valence-electron chi connectivity index (χ0n) is 15.7. The van der Waals surface area contributed by atoms with Crippen LogP contribution in [0.2, 0.25) is 0 Å². The standard InChI is InChI=1S/C20H26FN3O2.HI/c1-22-20(23-12-11-16-7-9-18(21)10-8-16)24-13-14-26-15-17-5-3-4-6-19(17)25-2;/h3-10H,11-15H2,1-2H3,(H2,22,23,24);1H. The topological polar surface area (TPSA) is 54.9 Å². The van der Waals surface area contributed by atoms with Gasteiger partial charge < -0.3 is 20.1 Å². The average molecular weight is 487 g/mol. The molecule has 7 heteroatoms. The van der Waals surface area contributed by atoms with Crippen LogP contribution in [0.4, 0.5) is 4.39 Å². The second kappa shape index (κ2) is 13.3. The largest absolute Gasteiger partial charge is 0.496 e. The third kappa shape index (κ3) is 8.57. The number of nitrogens with one attached hydrogen (secondary N) is 2. The molecule has 0 saturated carbocycles. The van der Waals surface area contributed by atoms with E-state index in [1.165, 1.54) is 12.1 Å². The minimum Gasteiger partial charge on any atom is -0.496 e. The highest BCUT2D eigenvalue weighted by atomic mass is 127. The number of guanidine groups is 1. The second-order valence-corrected chi connectivity index (χ2v) is 5.67. The van der Waals surface area contributed by atoms with Crippen molar-refractivity contribution in [2.75, 3.05) is 33.9 Å². The first-order valence-corrected chi connectivity index (χ1v) is 8.61. The van der Waals surface area contributed by atoms with E-state index in [2.05, 4.69) is 15.6 Å². The van der Waals surface area contributed by atoms with E-state index in [1.54, 1.807) is 26.3 Å². The normalized spacial score (nSPS) is 10.9. The molecule has 5 nitrogen and oxygen atoms in total. The monoisotopic (exact) mass is 487 g/mol. The second-order valence-electron chi connectivity index (χ2n) is 5.67. The van der Waals surface area contributed by atoms with Gasteiger partial charge in [-0.15, -0.1) is 24.0 Å². The van der Waals surface area contributed by atoms with Crippen LogP contribution < -0.4 is 15.4 Å². The lowest BCUT2D eigenvalue weighted by atomic mass is 10.1. The van der Waals surface area contributed by atoms with Crippen molar-refractivity contribution in [1.82, 2.24) is 10.6 Å². The average Bonchev–Trinajstić information content (AvgIpc) is 2.68. The molecule has 2 rings (SSSR count). The molecule has 0 amide bonds. The number of benzene rings is 2. The molecule has 2 aromatic rings. The lowest BCUT2D eigenvalue weighted by Gasteiger charge is -2.13. The van der Waals surface area contributed by atoms with Crippen LogP contribution in [0.1, 0.15) is 11.1 Å². The molecule has 0 aliphatic carbocycles. The van der Waals surface area contributed by atoms with Crippen molar-refractivity contribution in [3.63, 3.8) is 0 Å². The fraction of sp³-hybridized carbons (Fsp3) is 0.350. The van der Waals surface area contributed by atoms with Gasteiger partial charge in [0.2, 0.25) is 0 Å². The third-order valence-electron chi connectivity index (χ3n) is 3.83. The van der Waals surface area contributed by atoms with Crippen LogP contribution in [-0.4, -0.2) is 39.8 Å². The molecule has 0 bridgehead atoms. The summed E-state index contributed by atoms with van der Waals surface area (Å²) in [4.78, 5) is 4.18. The Bertz CT molecular complexity index is 696. The molecule has 0 unspecified atom stereocenters. The summed E-state index contributed by atoms with van der Waals surface area (Å²) in [6, 6.07) is 14.3. The van der Waals surface area contributed by atoms with E-state index in [0.29, 0.717) is 32.3 Å². The van der Waals surface area contributed by atoms with Gasteiger partial charge in [-0.25, -0.2) is 4.39 Å². The van der Waals surface area contributed by atoms with E-state index in [0.717, 1.165) is 23.3 Å². The van der Waals surface area contributed by atoms with Gasteiger partial charge >= 0.3 is 0 Å². The summed E-state index contributed by atoms with van der Waals surface area (Å²) in [5, 5.41) is 6.43. The van der Waals surface area contributed by atoms with Crippen molar-refractivity contribution in [2.45, 2.75) is 13.0 Å². The van der Waals surface area contributed by atoms with Crippen LogP contribution >= 0.6 is 24.0 Å². The molecule has 27 heavy (non-hydrogen) atoms. The molecule has 0 atom stereocenters. The van der Waals surface area contributed by atoms with Crippen molar-refractivity contribution >= 4 is 29.9 Å². The fourth-order valence-electron chi connectivity index (χ4n) is 2.44. The first kappa shape index (κ1) is 23.2. The summed E-state index contributed by atoms with van der Waals surface area (Å²) >= 11 is 0. The Morgan fingerprint density at radius 3 is 2.44 bits per heavy atom. The van der Waals surface area contributed by atoms with Gasteiger partial charge in [0.05, 0.1) is 20.3 Å². The molecule has 0 heterocycles. The number of methoxy groups -OCH3 is 1. The molecule has 0 saturated heterocycles. The van der Waals surface area contributed by atoms with Crippen molar-refractivity contribution in [3.05, 3.63) is 65.5 Å². The summed E-state index contributed by atoms with van der Waals surface area (Å²) in [5.41, 5.74) is 2.10. The molecule has 0 fully saturated rings. The van der Waals surface area contributed by atoms with E-state index >= 15 is 0 Å². The maximum atomic E-state index is 12.9. The van der Waals surface area contributed by atoms with Gasteiger partial charge in [0, 0.05) is 25.7 Å². The number of aliphatic imine (C=N–C) groups is 1. The number of rotatable bonds is 9. The van der Waals surface area contributed by atoms with Crippen LogP contribution in [0.3, 0.4) is 0 Å². The van der Waals surface area contributed by atoms with Crippen molar-refractivity contribution < 1.29 is 13.9 Å². The number of nitrogens with zero attached hydrogens (tertiary/aromatic N) is 1. The maximum Gasteiger partial charge on any atom is 0.191 e. The van der Waals surface area contributed by atoms with E-state index in [1.807, 2.05) is 24.3 Å². The Labute approximate surface area is 177 Å². The van der Waals surface area contributed by atoms with E-state index < -0.39 is 0 Å². The first-order valence-electron chi connectivity index (χ1n) is 8.61. The van der Waals surface area contributed by atoms with Crippen LogP contribution in [-0.2, 0) is 17.8 Å². The molecule has 0 radical (unpaired) electrons. The summed E-state index contributed by atoms with van der Waals surface area (Å²) < 4.78 is 23.9. The smallest absolute Gasteiger partial charge is 0.191 e. The number of halogens is 2. The van der Waals surface area contributed by atoms with E-state index in [-0.39, 0.29) is 29.8 Å². The van der Waals surface area contributed by atoms with Crippen LogP contribution in [0, 0.1) is 5.82 Å². The van der Waals surface area contributed by atoms with Crippen molar-refractivity contribution in [3.8, 4) is 5.75 Å². The van der Waals surface area contributed by atoms with Crippen LogP contribution in [0.15, 0.2) is 53.5 Å². The first-order chi connectivity index (χ1) is 12.7. The Hall–Kier alpha value is -1.87. The Morgan fingerprint density at radius 1 is 1.04 bits per heavy atom. The highest BCUT2D eigenvalue weighted by Gasteiger charge is 2.02. The Kier molecular flexibility index (Phi) is 11.4. The summed E-state index contributed by atoms with van der Waals surface area (Å²) in [7, 11) is 3.38. The lowest BCUT2D eigenvalue weighted by molar-refractivity contribution is 0.123. The summed E-state index contributed by atoms with van der Waals surface area (Å²) in [6.07, 6.45) is 0.797. The highest BCUT2D eigenvalue weighted by Crippen LogP contribution is 2.17. The molecule has 0 spiro atoms. The molecule has 148 valence electrons. The van der Waals surface area contributed by atoms with Gasteiger partial charge in [-0.1, -0.05) is 30.3 Å². The van der Waals surface area contributed by atoms with Gasteiger partial charge in [-0.3, -0.25) is 4.99 Å². The molecular formula is C20H27FIN3O2. The lowest BCUT2D eigenvalue weighted by Crippen LogP contribution is -2.39. The van der Waals surface area contributed by atoms with Gasteiger partial charge in [0.1, 0.15) is 11.6 Å². The number of ether oxygens (including phenoxy) is 2. The minimum absolute atomic E-state index is 0. The van der Waals surface area contributed by atoms with E-state index in [4.69, 9.17) is 9.47 Å². The zero-order valence-corrected chi connectivity index (χ0v) is 18.0. The third-order valence-corrected chi connectivity index (χ3v) is 3.83. The van der Waals surface area contributed by atoms with Crippen LogP contribution in [0.5, 0.6) is 5.75 Å². The van der Waals surface area contributed by atoms with Gasteiger partial charge in [0.25, 0.3) is 0 Å². The zero-order chi connectivity index (χ0) is 18.6. The molecule has 0 aliphatic heterocycles. The SMILES string of the molecule is CN=C(NCCOCc1ccccc1OC)NCCc1ccc(F)cc1.I. The predicted molar refractivity (Wildman–Crippen MR) is 118 cm³/mol. The minimum atomic E-state index is -0.215. The fourth-order valence-corrected chi connectivity index (χ4v) is 2.44. The maximum absolute atomic E-state index is 12.9. The summed E-state index contributed by atoms with van der Waals surface area (Å²) in [5.74, 6) is 1.33. The van der Waals surface area contributed by atoms with Crippen molar-refractivity contribution in [1.29, 1.82) is 0 Å². The quantitative estimate of drug-likeness (QED) is 0.247. The van der Waals surface area contributed by atoms with E-state index in [9.17, 15) is 4.39 Å². The van der Waals surface area contributed by atoms with Gasteiger partial charge in [-0.2, -0.15) is 0 Å².